The van der Waals surface area contributed by atoms with E-state index >= 15 is 0 Å². The molecule has 0 saturated carbocycles. The fourth-order valence-electron chi connectivity index (χ4n) is 3.20. The number of nitro groups is 1. The van der Waals surface area contributed by atoms with Crippen LogP contribution < -0.4 is 9.46 Å². The minimum atomic E-state index is -3.74. The van der Waals surface area contributed by atoms with Crippen molar-refractivity contribution in [3.05, 3.63) is 64.7 Å². The summed E-state index contributed by atoms with van der Waals surface area (Å²) in [5.74, 6) is 0.655. The van der Waals surface area contributed by atoms with E-state index in [4.69, 9.17) is 4.74 Å². The highest BCUT2D eigenvalue weighted by Gasteiger charge is 2.25. The van der Waals surface area contributed by atoms with Gasteiger partial charge < -0.3 is 9.64 Å². The average molecular weight is 433 g/mol. The molecule has 1 N–H and O–H groups in total. The second-order valence-electron chi connectivity index (χ2n) is 7.03. The molecule has 1 heterocycles. The van der Waals surface area contributed by atoms with E-state index in [-0.39, 0.29) is 35.6 Å². The van der Waals surface area contributed by atoms with Gasteiger partial charge in [-0.25, -0.2) is 13.1 Å². The number of piperidine rings is 1. The van der Waals surface area contributed by atoms with Gasteiger partial charge in [-0.15, -0.1) is 0 Å². The molecule has 0 radical (unpaired) electrons. The van der Waals surface area contributed by atoms with E-state index in [0.29, 0.717) is 31.7 Å². The zero-order valence-corrected chi connectivity index (χ0v) is 17.1. The summed E-state index contributed by atoms with van der Waals surface area (Å²) in [6, 6.07) is 13.9. The van der Waals surface area contributed by atoms with E-state index in [9.17, 15) is 23.3 Å². The van der Waals surface area contributed by atoms with Gasteiger partial charge in [0.05, 0.1) is 9.82 Å². The second-order valence-corrected chi connectivity index (χ2v) is 8.80. The monoisotopic (exact) mass is 433 g/mol. The summed E-state index contributed by atoms with van der Waals surface area (Å²) >= 11 is 0. The third-order valence-electron chi connectivity index (χ3n) is 4.99. The lowest BCUT2D eigenvalue weighted by Crippen LogP contribution is -2.43. The van der Waals surface area contributed by atoms with E-state index in [0.717, 1.165) is 12.1 Å². The van der Waals surface area contributed by atoms with Crippen LogP contribution in [0.1, 0.15) is 12.8 Å². The Hall–Kier alpha value is -2.98. The molecule has 0 atom stereocenters. The number of rotatable bonds is 8. The Bertz CT molecular complexity index is 971. The number of benzene rings is 2. The Kier molecular flexibility index (Phi) is 7.01. The first-order valence-electron chi connectivity index (χ1n) is 9.55. The third-order valence-corrected chi connectivity index (χ3v) is 6.43. The van der Waals surface area contributed by atoms with Crippen LogP contribution in [0.15, 0.2) is 59.5 Å². The van der Waals surface area contributed by atoms with Crippen LogP contribution in [0.3, 0.4) is 0 Å². The molecule has 0 spiro atoms. The number of nitro benzene ring substituents is 1. The Morgan fingerprint density at radius 2 is 1.73 bits per heavy atom. The van der Waals surface area contributed by atoms with Crippen molar-refractivity contribution in [3.63, 3.8) is 0 Å². The summed E-state index contributed by atoms with van der Waals surface area (Å²) < 4.78 is 32.8. The van der Waals surface area contributed by atoms with Gasteiger partial charge in [-0.1, -0.05) is 18.2 Å². The highest BCUT2D eigenvalue weighted by molar-refractivity contribution is 7.89. The van der Waals surface area contributed by atoms with Gasteiger partial charge >= 0.3 is 0 Å². The first kappa shape index (κ1) is 21.7. The number of hydrogen-bond acceptors (Lipinski definition) is 6. The summed E-state index contributed by atoms with van der Waals surface area (Å²) in [4.78, 5) is 24.1. The molecule has 0 aromatic heterocycles. The largest absolute Gasteiger partial charge is 0.484 e. The molecule has 2 aromatic carbocycles. The summed E-state index contributed by atoms with van der Waals surface area (Å²) in [6.07, 6.45) is 1.36. The van der Waals surface area contributed by atoms with Crippen LogP contribution in [0.25, 0.3) is 0 Å². The number of non-ortho nitro benzene ring substituents is 1. The van der Waals surface area contributed by atoms with Crippen LogP contribution in [0, 0.1) is 16.0 Å². The lowest BCUT2D eigenvalue weighted by molar-refractivity contribution is -0.384. The smallest absolute Gasteiger partial charge is 0.269 e. The highest BCUT2D eigenvalue weighted by atomic mass is 32.2. The molecule has 160 valence electrons. The number of nitrogens with zero attached hydrogens (tertiary/aromatic N) is 2. The normalized spacial score (nSPS) is 15.0. The number of nitrogens with one attached hydrogen (secondary N) is 1. The molecule has 0 unspecified atom stereocenters. The van der Waals surface area contributed by atoms with E-state index in [1.807, 2.05) is 18.2 Å². The Morgan fingerprint density at radius 1 is 1.10 bits per heavy atom. The fourth-order valence-corrected chi connectivity index (χ4v) is 4.31. The number of sulfonamides is 1. The van der Waals surface area contributed by atoms with E-state index in [1.54, 1.807) is 17.0 Å². The second kappa shape index (κ2) is 9.68. The number of ether oxygens (including phenoxy) is 1. The molecule has 1 aliphatic heterocycles. The van der Waals surface area contributed by atoms with E-state index < -0.39 is 14.9 Å². The van der Waals surface area contributed by atoms with Crippen molar-refractivity contribution in [2.45, 2.75) is 17.7 Å². The van der Waals surface area contributed by atoms with E-state index in [2.05, 4.69) is 4.72 Å². The molecule has 2 aromatic rings. The molecule has 30 heavy (non-hydrogen) atoms. The zero-order chi connectivity index (χ0) is 21.6. The summed E-state index contributed by atoms with van der Waals surface area (Å²) in [5.41, 5.74) is -0.165. The third kappa shape index (κ3) is 5.77. The van der Waals surface area contributed by atoms with Crippen LogP contribution in [0.2, 0.25) is 0 Å². The maximum absolute atomic E-state index is 12.4. The zero-order valence-electron chi connectivity index (χ0n) is 16.3. The minimum absolute atomic E-state index is 0.0150. The quantitative estimate of drug-likeness (QED) is 0.503. The van der Waals surface area contributed by atoms with Crippen molar-refractivity contribution in [2.24, 2.45) is 5.92 Å². The van der Waals surface area contributed by atoms with Crippen LogP contribution >= 0.6 is 0 Å². The predicted octanol–water partition coefficient (Wildman–Crippen LogP) is 2.19. The van der Waals surface area contributed by atoms with Gasteiger partial charge in [0.1, 0.15) is 5.75 Å². The van der Waals surface area contributed by atoms with Crippen LogP contribution in [0.5, 0.6) is 5.75 Å². The van der Waals surface area contributed by atoms with Gasteiger partial charge in [0, 0.05) is 31.8 Å². The number of para-hydroxylation sites is 1. The topological polar surface area (TPSA) is 119 Å². The van der Waals surface area contributed by atoms with Crippen molar-refractivity contribution in [2.75, 3.05) is 26.2 Å². The number of carbonyl (C=O) groups excluding carboxylic acids is 1. The molecule has 1 aliphatic rings. The van der Waals surface area contributed by atoms with Gasteiger partial charge in [0.15, 0.2) is 6.61 Å². The molecule has 1 amide bonds. The Balaban J connectivity index is 1.44. The van der Waals surface area contributed by atoms with Gasteiger partial charge in [0.2, 0.25) is 10.0 Å². The predicted molar refractivity (Wildman–Crippen MR) is 110 cm³/mol. The summed E-state index contributed by atoms with van der Waals surface area (Å²) in [6.45, 7) is 1.31. The highest BCUT2D eigenvalue weighted by Crippen LogP contribution is 2.19. The van der Waals surface area contributed by atoms with Crippen molar-refractivity contribution < 1.29 is 22.9 Å². The van der Waals surface area contributed by atoms with E-state index in [1.165, 1.54) is 12.1 Å². The Labute approximate surface area is 174 Å². The lowest BCUT2D eigenvalue weighted by atomic mass is 9.97. The first-order chi connectivity index (χ1) is 14.3. The van der Waals surface area contributed by atoms with Gasteiger partial charge in [0.25, 0.3) is 11.6 Å². The summed E-state index contributed by atoms with van der Waals surface area (Å²) in [7, 11) is -3.74. The summed E-state index contributed by atoms with van der Waals surface area (Å²) in [5, 5.41) is 10.7. The molecule has 1 fully saturated rings. The molecule has 0 aliphatic carbocycles. The first-order valence-corrected chi connectivity index (χ1v) is 11.0. The fraction of sp³-hybridized carbons (Fsp3) is 0.350. The van der Waals surface area contributed by atoms with Gasteiger partial charge in [-0.2, -0.15) is 0 Å². The molecule has 9 nitrogen and oxygen atoms in total. The SMILES string of the molecule is O=C(COc1ccccc1)N1CCC(CNS(=O)(=O)c2ccc([N+](=O)[O-])cc2)CC1. The van der Waals surface area contributed by atoms with Crippen LogP contribution in [0.4, 0.5) is 5.69 Å². The molecular formula is C20H23N3O6S. The lowest BCUT2D eigenvalue weighted by Gasteiger charge is -2.32. The van der Waals surface area contributed by atoms with Gasteiger partial charge in [-0.05, 0) is 43.0 Å². The molecule has 0 bridgehead atoms. The molecule has 10 heteroatoms. The standard InChI is InChI=1S/C20H23N3O6S/c24-20(15-29-18-4-2-1-3-5-18)22-12-10-16(11-13-22)14-21-30(27,28)19-8-6-17(7-9-19)23(25)26/h1-9,16,21H,10-15H2. The number of carbonyl (C=O) groups is 1. The molecule has 1 saturated heterocycles. The van der Waals surface area contributed by atoms with Crippen molar-refractivity contribution in [3.8, 4) is 5.75 Å². The van der Waals surface area contributed by atoms with Crippen LogP contribution in [-0.2, 0) is 14.8 Å². The number of likely N-dealkylation sites (tertiary alicyclic amines) is 1. The van der Waals surface area contributed by atoms with Crippen molar-refractivity contribution in [1.82, 2.24) is 9.62 Å². The van der Waals surface area contributed by atoms with Crippen molar-refractivity contribution in [1.29, 1.82) is 0 Å². The van der Waals surface area contributed by atoms with Crippen LogP contribution in [-0.4, -0.2) is 50.4 Å². The molecule has 3 rings (SSSR count). The molecular weight excluding hydrogens is 410 g/mol. The maximum Gasteiger partial charge on any atom is 0.269 e. The van der Waals surface area contributed by atoms with Gasteiger partial charge in [-0.3, -0.25) is 14.9 Å². The maximum atomic E-state index is 12.4. The number of amides is 1. The van der Waals surface area contributed by atoms with Crippen molar-refractivity contribution >= 4 is 21.6 Å². The number of hydrogen-bond donors (Lipinski definition) is 1. The Morgan fingerprint density at radius 3 is 2.33 bits per heavy atom. The average Bonchev–Trinajstić information content (AvgIpc) is 2.77. The minimum Gasteiger partial charge on any atom is -0.484 e.